The second-order valence-electron chi connectivity index (χ2n) is 7.00. The molecule has 0 amide bonds. The van der Waals surface area contributed by atoms with E-state index in [9.17, 15) is 26.7 Å². The number of benzene rings is 1. The van der Waals surface area contributed by atoms with Crippen molar-refractivity contribution in [2.24, 2.45) is 11.3 Å². The number of rotatable bonds is 3. The second-order valence-corrected chi connectivity index (χ2v) is 7.73. The predicted octanol–water partition coefficient (Wildman–Crippen LogP) is 4.65. The van der Waals surface area contributed by atoms with Gasteiger partial charge in [-0.05, 0) is 64.1 Å². The average molecular weight is 409 g/mol. The Morgan fingerprint density at radius 2 is 1.74 bits per heavy atom. The molecule has 1 aliphatic heterocycles. The number of carbonyl (C=O) groups is 1. The molecule has 1 aromatic carbocycles. The molecule has 1 heterocycles. The molecule has 0 radical (unpaired) electrons. The van der Waals surface area contributed by atoms with Crippen LogP contribution in [0.5, 0.6) is 0 Å². The first-order valence-corrected chi connectivity index (χ1v) is 8.95. The summed E-state index contributed by atoms with van der Waals surface area (Å²) in [5.74, 6) is -1.55. The van der Waals surface area contributed by atoms with Gasteiger partial charge in [-0.15, -0.1) is 0 Å². The highest BCUT2D eigenvalue weighted by Crippen LogP contribution is 2.50. The Kier molecular flexibility index (Phi) is 6.63. The van der Waals surface area contributed by atoms with Gasteiger partial charge in [-0.2, -0.15) is 22.0 Å². The molecule has 1 spiro atoms. The molecule has 0 aromatic heterocycles. The lowest BCUT2D eigenvalue weighted by Gasteiger charge is -2.43. The molecule has 1 aromatic rings. The highest BCUT2D eigenvalue weighted by atomic mass is 31.0. The number of carboxylic acids is 1. The van der Waals surface area contributed by atoms with Crippen molar-refractivity contribution in [2.45, 2.75) is 31.1 Å². The van der Waals surface area contributed by atoms with Gasteiger partial charge in [-0.3, -0.25) is 0 Å². The molecule has 2 N–H and O–H groups in total. The molecule has 3 nitrogen and oxygen atoms in total. The number of halogens is 5. The molecule has 2 aliphatic rings. The summed E-state index contributed by atoms with van der Waals surface area (Å²) < 4.78 is 59.7. The highest BCUT2D eigenvalue weighted by Gasteiger charge is 2.44. The largest absolute Gasteiger partial charge is 0.477 e. The van der Waals surface area contributed by atoms with Crippen LogP contribution in [0.2, 0.25) is 0 Å². The molecule has 1 unspecified atom stereocenters. The van der Waals surface area contributed by atoms with Gasteiger partial charge in [0.1, 0.15) is 0 Å². The normalized spacial score (nSPS) is 25.2. The fourth-order valence-electron chi connectivity index (χ4n) is 3.36. The molecule has 1 saturated carbocycles. The summed E-state index contributed by atoms with van der Waals surface area (Å²) in [7, 11) is 0.898. The van der Waals surface area contributed by atoms with Crippen LogP contribution in [0.3, 0.4) is 0 Å². The fourth-order valence-corrected chi connectivity index (χ4v) is 3.36. The van der Waals surface area contributed by atoms with Crippen LogP contribution in [0.4, 0.5) is 22.0 Å². The molecule has 1 aliphatic carbocycles. The number of alkyl halides is 5. The van der Waals surface area contributed by atoms with E-state index in [1.807, 2.05) is 6.08 Å². The lowest BCUT2D eigenvalue weighted by atomic mass is 9.61. The smallest absolute Gasteiger partial charge is 0.416 e. The Balaban J connectivity index is 0.000000321. The molecule has 27 heavy (non-hydrogen) atoms. The number of carboxylic acid groups (broad SMARTS) is 1. The van der Waals surface area contributed by atoms with Crippen LogP contribution in [-0.2, 0) is 11.0 Å². The number of hydrogen-bond acceptors (Lipinski definition) is 2. The molecular formula is C18H21F5NO2P. The third-order valence-electron chi connectivity index (χ3n) is 4.81. The van der Waals surface area contributed by atoms with E-state index in [1.54, 1.807) is 0 Å². The van der Waals surface area contributed by atoms with Crippen LogP contribution in [0, 0.1) is 11.3 Å². The van der Waals surface area contributed by atoms with Crippen LogP contribution < -0.4 is 5.32 Å². The maximum atomic E-state index is 12.4. The van der Waals surface area contributed by atoms with Gasteiger partial charge < -0.3 is 10.4 Å². The zero-order valence-electron chi connectivity index (χ0n) is 14.4. The minimum absolute atomic E-state index is 0.509. The van der Waals surface area contributed by atoms with Crippen molar-refractivity contribution in [2.75, 3.05) is 13.1 Å². The van der Waals surface area contributed by atoms with Crippen molar-refractivity contribution < 1.29 is 31.9 Å². The number of allylic oxidation sites excluding steroid dienone is 1. The van der Waals surface area contributed by atoms with Crippen molar-refractivity contribution in [1.82, 2.24) is 5.32 Å². The van der Waals surface area contributed by atoms with Crippen LogP contribution in [0.15, 0.2) is 30.3 Å². The Morgan fingerprint density at radius 3 is 2.15 bits per heavy atom. The SMILES string of the molecule is FC(F)(F)c1ccc(/C=C/C2CC3(CCNC3)C2)cc1.O=C(O)C(F)(F)P. The van der Waals surface area contributed by atoms with Crippen LogP contribution in [0.1, 0.15) is 30.4 Å². The summed E-state index contributed by atoms with van der Waals surface area (Å²) in [6.45, 7) is 2.24. The van der Waals surface area contributed by atoms with Crippen molar-refractivity contribution in [3.63, 3.8) is 0 Å². The number of nitrogens with one attached hydrogen (secondary N) is 1. The van der Waals surface area contributed by atoms with Gasteiger partial charge in [0.05, 0.1) is 5.56 Å². The maximum absolute atomic E-state index is 12.4. The predicted molar refractivity (Wildman–Crippen MR) is 95.4 cm³/mol. The monoisotopic (exact) mass is 409 g/mol. The van der Waals surface area contributed by atoms with E-state index in [4.69, 9.17) is 5.11 Å². The van der Waals surface area contributed by atoms with Crippen molar-refractivity contribution >= 4 is 21.3 Å². The Hall–Kier alpha value is -1.53. The lowest BCUT2D eigenvalue weighted by molar-refractivity contribution is -0.153. The molecule has 2 fully saturated rings. The second kappa shape index (κ2) is 8.23. The summed E-state index contributed by atoms with van der Waals surface area (Å²) in [4.78, 5) is 9.25. The van der Waals surface area contributed by atoms with E-state index in [0.29, 0.717) is 11.3 Å². The summed E-state index contributed by atoms with van der Waals surface area (Å²) >= 11 is 0. The molecule has 3 rings (SSSR count). The summed E-state index contributed by atoms with van der Waals surface area (Å²) in [5.41, 5.74) is -2.91. The van der Waals surface area contributed by atoms with Gasteiger partial charge in [-0.1, -0.05) is 24.3 Å². The summed E-state index contributed by atoms with van der Waals surface area (Å²) in [6.07, 6.45) is 3.51. The Bertz CT molecular complexity index is 668. The third-order valence-corrected chi connectivity index (χ3v) is 5.05. The van der Waals surface area contributed by atoms with E-state index in [0.717, 1.165) is 40.0 Å². The van der Waals surface area contributed by atoms with Crippen molar-refractivity contribution in [3.05, 3.63) is 41.5 Å². The first-order valence-electron chi connectivity index (χ1n) is 8.38. The molecule has 150 valence electrons. The van der Waals surface area contributed by atoms with Crippen molar-refractivity contribution in [1.29, 1.82) is 0 Å². The average Bonchev–Trinajstić information content (AvgIpc) is 3.01. The Morgan fingerprint density at radius 1 is 1.19 bits per heavy atom. The van der Waals surface area contributed by atoms with E-state index in [1.165, 1.54) is 31.4 Å². The zero-order valence-corrected chi connectivity index (χ0v) is 15.6. The van der Waals surface area contributed by atoms with Gasteiger partial charge in [0.25, 0.3) is 0 Å². The first-order chi connectivity index (χ1) is 12.4. The van der Waals surface area contributed by atoms with Crippen molar-refractivity contribution in [3.8, 4) is 0 Å². The summed E-state index contributed by atoms with van der Waals surface area (Å²) in [6, 6.07) is 5.35. The van der Waals surface area contributed by atoms with Crippen LogP contribution >= 0.6 is 9.24 Å². The highest BCUT2D eigenvalue weighted by molar-refractivity contribution is 7.20. The number of hydrogen-bond donors (Lipinski definition) is 2. The topological polar surface area (TPSA) is 49.3 Å². The van der Waals surface area contributed by atoms with Gasteiger partial charge >= 0.3 is 17.8 Å². The van der Waals surface area contributed by atoms with Gasteiger partial charge in [0, 0.05) is 6.54 Å². The van der Waals surface area contributed by atoms with E-state index >= 15 is 0 Å². The van der Waals surface area contributed by atoms with Gasteiger partial charge in [-0.25, -0.2) is 4.79 Å². The van der Waals surface area contributed by atoms with Crippen LogP contribution in [0.25, 0.3) is 6.08 Å². The standard InChI is InChI=1S/C16H18F3N.C2H3F2O2P/c17-16(18,19)14-5-3-12(4-6-14)1-2-13-9-15(10-13)7-8-20-11-15;3-2(4,7)1(5)6/h1-6,13,20H,7-11H2;7H2,(H,5,6)/b2-1+;. The number of aliphatic carboxylic acids is 1. The van der Waals surface area contributed by atoms with E-state index in [2.05, 4.69) is 11.4 Å². The minimum atomic E-state index is -4.25. The van der Waals surface area contributed by atoms with E-state index in [-0.39, 0.29) is 0 Å². The van der Waals surface area contributed by atoms with Gasteiger partial charge in [0.2, 0.25) is 0 Å². The quantitative estimate of drug-likeness (QED) is 0.565. The molecular weight excluding hydrogens is 388 g/mol. The first kappa shape index (κ1) is 21.8. The zero-order chi connectivity index (χ0) is 20.3. The minimum Gasteiger partial charge on any atom is -0.477 e. The molecule has 1 atom stereocenters. The lowest BCUT2D eigenvalue weighted by Crippen LogP contribution is -2.37. The Labute approximate surface area is 156 Å². The summed E-state index contributed by atoms with van der Waals surface area (Å²) in [5, 5.41) is 10.9. The van der Waals surface area contributed by atoms with Crippen LogP contribution in [-0.4, -0.2) is 29.8 Å². The molecule has 9 heteroatoms. The van der Waals surface area contributed by atoms with Gasteiger partial charge in [0.15, 0.2) is 0 Å². The molecule has 1 saturated heterocycles. The van der Waals surface area contributed by atoms with E-state index < -0.39 is 23.4 Å². The fraction of sp³-hybridized carbons (Fsp3) is 0.500. The molecule has 0 bridgehead atoms. The maximum Gasteiger partial charge on any atom is 0.416 e. The third kappa shape index (κ3) is 6.25.